The molecule has 110 valence electrons. The van der Waals surface area contributed by atoms with E-state index in [0.717, 1.165) is 18.2 Å². The minimum Gasteiger partial charge on any atom is -0.497 e. The molecule has 5 heteroatoms. The van der Waals surface area contributed by atoms with E-state index in [0.29, 0.717) is 17.1 Å². The number of halogens is 2. The molecule has 0 radical (unpaired) electrons. The fourth-order valence-electron chi connectivity index (χ4n) is 1.92. The number of hydrogen-bond donors (Lipinski definition) is 0. The fourth-order valence-corrected chi connectivity index (χ4v) is 1.92. The number of methoxy groups -OCH3 is 2. The largest absolute Gasteiger partial charge is 0.497 e. The Morgan fingerprint density at radius 2 is 1.62 bits per heavy atom. The molecule has 0 saturated carbocycles. The molecule has 0 aliphatic rings. The van der Waals surface area contributed by atoms with Crippen LogP contribution in [0.3, 0.4) is 0 Å². The van der Waals surface area contributed by atoms with Crippen LogP contribution in [0, 0.1) is 11.6 Å². The van der Waals surface area contributed by atoms with Gasteiger partial charge in [-0.2, -0.15) is 0 Å². The highest BCUT2D eigenvalue weighted by molar-refractivity contribution is 5.98. The minimum atomic E-state index is -0.611. The molecule has 0 saturated heterocycles. The molecule has 0 unspecified atom stereocenters. The third kappa shape index (κ3) is 3.56. The van der Waals surface area contributed by atoms with Crippen LogP contribution in [0.5, 0.6) is 11.5 Å². The first-order valence-electron chi connectivity index (χ1n) is 6.23. The highest BCUT2D eigenvalue weighted by atomic mass is 19.1. The van der Waals surface area contributed by atoms with Crippen molar-refractivity contribution >= 4 is 5.78 Å². The van der Waals surface area contributed by atoms with Crippen molar-refractivity contribution in [3.8, 4) is 11.5 Å². The van der Waals surface area contributed by atoms with Gasteiger partial charge in [0.1, 0.15) is 23.1 Å². The predicted octanol–water partition coefficient (Wildman–Crippen LogP) is 3.41. The van der Waals surface area contributed by atoms with Gasteiger partial charge in [0.05, 0.1) is 14.2 Å². The topological polar surface area (TPSA) is 35.5 Å². The summed E-state index contributed by atoms with van der Waals surface area (Å²) in [6.07, 6.45) is -0.236. The summed E-state index contributed by atoms with van der Waals surface area (Å²) in [4.78, 5) is 12.2. The summed E-state index contributed by atoms with van der Waals surface area (Å²) in [5.41, 5.74) is 0.330. The molecule has 0 heterocycles. The van der Waals surface area contributed by atoms with Gasteiger partial charge in [0.2, 0.25) is 0 Å². The van der Waals surface area contributed by atoms with Crippen molar-refractivity contribution in [1.29, 1.82) is 0 Å². The van der Waals surface area contributed by atoms with Crippen molar-refractivity contribution in [3.05, 3.63) is 59.2 Å². The molecule has 2 aromatic carbocycles. The molecule has 0 spiro atoms. The third-order valence-electron chi connectivity index (χ3n) is 3.03. The number of ketones is 1. The van der Waals surface area contributed by atoms with Gasteiger partial charge >= 0.3 is 0 Å². The maximum absolute atomic E-state index is 13.6. The Balaban J connectivity index is 2.29. The first-order valence-corrected chi connectivity index (χ1v) is 6.23. The van der Waals surface area contributed by atoms with Crippen LogP contribution >= 0.6 is 0 Å². The summed E-state index contributed by atoms with van der Waals surface area (Å²) in [5.74, 6) is -0.631. The monoisotopic (exact) mass is 292 g/mol. The Hall–Kier alpha value is -2.43. The lowest BCUT2D eigenvalue weighted by atomic mass is 10.0. The summed E-state index contributed by atoms with van der Waals surface area (Å²) in [7, 11) is 2.94. The second-order valence-corrected chi connectivity index (χ2v) is 4.44. The third-order valence-corrected chi connectivity index (χ3v) is 3.03. The Morgan fingerprint density at radius 3 is 2.19 bits per heavy atom. The standard InChI is InChI=1S/C16H14F2O3/c1-20-13-6-11(7-14(9-13)21-2)16(19)8-10-5-12(17)3-4-15(10)18/h3-7,9H,8H2,1-2H3. The van der Waals surface area contributed by atoms with E-state index in [1.807, 2.05) is 0 Å². The number of Topliss-reactive ketones (excluding diaryl/α,β-unsaturated/α-hetero) is 1. The molecule has 0 aliphatic carbocycles. The van der Waals surface area contributed by atoms with Crippen LogP contribution in [0.15, 0.2) is 36.4 Å². The molecule has 0 aromatic heterocycles. The zero-order chi connectivity index (χ0) is 15.4. The zero-order valence-electron chi connectivity index (χ0n) is 11.7. The molecule has 0 atom stereocenters. The molecule has 0 aliphatic heterocycles. The Kier molecular flexibility index (Phi) is 4.52. The predicted molar refractivity (Wildman–Crippen MR) is 73.9 cm³/mol. The van der Waals surface area contributed by atoms with Crippen LogP contribution in [0.1, 0.15) is 15.9 Å². The van der Waals surface area contributed by atoms with Crippen molar-refractivity contribution in [2.75, 3.05) is 14.2 Å². The van der Waals surface area contributed by atoms with Crippen LogP contribution in [0.4, 0.5) is 8.78 Å². The number of benzene rings is 2. The quantitative estimate of drug-likeness (QED) is 0.792. The molecular formula is C16H14F2O3. The SMILES string of the molecule is COc1cc(OC)cc(C(=O)Cc2cc(F)ccc2F)c1. The van der Waals surface area contributed by atoms with Gasteiger partial charge in [0.15, 0.2) is 5.78 Å². The molecule has 0 bridgehead atoms. The van der Waals surface area contributed by atoms with E-state index < -0.39 is 11.6 Å². The van der Waals surface area contributed by atoms with Crippen molar-refractivity contribution < 1.29 is 23.0 Å². The van der Waals surface area contributed by atoms with Crippen LogP contribution < -0.4 is 9.47 Å². The summed E-state index contributed by atoms with van der Waals surface area (Å²) < 4.78 is 36.8. The van der Waals surface area contributed by atoms with Crippen molar-refractivity contribution in [3.63, 3.8) is 0 Å². The number of hydrogen-bond acceptors (Lipinski definition) is 3. The van der Waals surface area contributed by atoms with Crippen molar-refractivity contribution in [1.82, 2.24) is 0 Å². The van der Waals surface area contributed by atoms with Gasteiger partial charge in [-0.25, -0.2) is 8.78 Å². The average Bonchev–Trinajstić information content (AvgIpc) is 2.50. The van der Waals surface area contributed by atoms with Gasteiger partial charge < -0.3 is 9.47 Å². The van der Waals surface area contributed by atoms with Crippen LogP contribution in [0.25, 0.3) is 0 Å². The first kappa shape index (κ1) is 15.0. The molecule has 0 amide bonds. The van der Waals surface area contributed by atoms with E-state index in [4.69, 9.17) is 9.47 Å². The minimum absolute atomic E-state index is 0.0155. The Labute approximate surface area is 121 Å². The number of ether oxygens (including phenoxy) is 2. The van der Waals surface area contributed by atoms with E-state index in [1.165, 1.54) is 26.4 Å². The van der Waals surface area contributed by atoms with Gasteiger partial charge in [-0.3, -0.25) is 4.79 Å². The van der Waals surface area contributed by atoms with E-state index in [1.54, 1.807) is 6.07 Å². The second-order valence-electron chi connectivity index (χ2n) is 4.44. The highest BCUT2D eigenvalue weighted by Gasteiger charge is 2.14. The van der Waals surface area contributed by atoms with Crippen molar-refractivity contribution in [2.24, 2.45) is 0 Å². The lowest BCUT2D eigenvalue weighted by Gasteiger charge is -2.08. The van der Waals surface area contributed by atoms with Crippen LogP contribution in [0.2, 0.25) is 0 Å². The Morgan fingerprint density at radius 1 is 1.00 bits per heavy atom. The summed E-state index contributed by atoms with van der Waals surface area (Å²) >= 11 is 0. The fraction of sp³-hybridized carbons (Fsp3) is 0.188. The van der Waals surface area contributed by atoms with E-state index in [9.17, 15) is 13.6 Å². The van der Waals surface area contributed by atoms with E-state index >= 15 is 0 Å². The zero-order valence-corrected chi connectivity index (χ0v) is 11.7. The lowest BCUT2D eigenvalue weighted by Crippen LogP contribution is -2.06. The van der Waals surface area contributed by atoms with Crippen LogP contribution in [-0.4, -0.2) is 20.0 Å². The molecule has 3 nitrogen and oxygen atoms in total. The number of carbonyl (C=O) groups excluding carboxylic acids is 1. The van der Waals surface area contributed by atoms with Crippen molar-refractivity contribution in [2.45, 2.75) is 6.42 Å². The molecule has 0 N–H and O–H groups in total. The Bertz CT molecular complexity index is 646. The smallest absolute Gasteiger partial charge is 0.167 e. The summed E-state index contributed by atoms with van der Waals surface area (Å²) in [6, 6.07) is 7.72. The molecule has 2 rings (SSSR count). The first-order chi connectivity index (χ1) is 10.0. The van der Waals surface area contributed by atoms with Gasteiger partial charge in [0, 0.05) is 18.1 Å². The van der Waals surface area contributed by atoms with Gasteiger partial charge in [0.25, 0.3) is 0 Å². The van der Waals surface area contributed by atoms with Crippen LogP contribution in [-0.2, 0) is 6.42 Å². The maximum atomic E-state index is 13.6. The number of rotatable bonds is 5. The van der Waals surface area contributed by atoms with E-state index in [-0.39, 0.29) is 17.8 Å². The molecule has 2 aromatic rings. The van der Waals surface area contributed by atoms with Gasteiger partial charge in [-0.1, -0.05) is 0 Å². The average molecular weight is 292 g/mol. The number of carbonyl (C=O) groups is 1. The highest BCUT2D eigenvalue weighted by Crippen LogP contribution is 2.24. The molecule has 21 heavy (non-hydrogen) atoms. The normalized spacial score (nSPS) is 10.3. The molecular weight excluding hydrogens is 278 g/mol. The molecule has 0 fully saturated rings. The maximum Gasteiger partial charge on any atom is 0.167 e. The van der Waals surface area contributed by atoms with Gasteiger partial charge in [-0.15, -0.1) is 0 Å². The van der Waals surface area contributed by atoms with E-state index in [2.05, 4.69) is 0 Å². The summed E-state index contributed by atoms with van der Waals surface area (Å²) in [5, 5.41) is 0. The summed E-state index contributed by atoms with van der Waals surface area (Å²) in [6.45, 7) is 0. The van der Waals surface area contributed by atoms with Gasteiger partial charge in [-0.05, 0) is 35.9 Å². The lowest BCUT2D eigenvalue weighted by molar-refractivity contribution is 0.0991. The second kappa shape index (κ2) is 6.35.